The summed E-state index contributed by atoms with van der Waals surface area (Å²) in [5.74, 6) is 1.31. The summed E-state index contributed by atoms with van der Waals surface area (Å²) >= 11 is 0. The Morgan fingerprint density at radius 2 is 2.06 bits per heavy atom. The molecule has 1 aromatic carbocycles. The Bertz CT molecular complexity index is 360. The van der Waals surface area contributed by atoms with Gasteiger partial charge in [0.2, 0.25) is 0 Å². The molecule has 1 rings (SSSR count). The van der Waals surface area contributed by atoms with Gasteiger partial charge in [-0.25, -0.2) is 0 Å². The van der Waals surface area contributed by atoms with Crippen LogP contribution in [0.4, 0.5) is 0 Å². The number of rotatable bonds is 6. The van der Waals surface area contributed by atoms with Crippen molar-refractivity contribution in [1.82, 2.24) is 0 Å². The molecular weight excluding hydrogens is 206 g/mol. The van der Waals surface area contributed by atoms with Gasteiger partial charge in [-0.15, -0.1) is 0 Å². The molecule has 1 N–H and O–H groups in total. The van der Waals surface area contributed by atoms with Gasteiger partial charge in [0.05, 0.1) is 32.3 Å². The van der Waals surface area contributed by atoms with E-state index in [4.69, 9.17) is 14.7 Å². The number of benzene rings is 1. The van der Waals surface area contributed by atoms with Gasteiger partial charge in [-0.2, -0.15) is 5.26 Å². The zero-order valence-electron chi connectivity index (χ0n) is 9.22. The van der Waals surface area contributed by atoms with Gasteiger partial charge in [-0.1, -0.05) is 12.1 Å². The van der Waals surface area contributed by atoms with E-state index in [9.17, 15) is 5.11 Å². The Kier molecular flexibility index (Phi) is 5.17. The first-order valence-corrected chi connectivity index (χ1v) is 5.08. The fraction of sp³-hybridized carbons (Fsp3) is 0.417. The number of nitrogens with zero attached hydrogens (tertiary/aromatic N) is 1. The SMILES string of the molecule is COc1ccccc1OCCC(O)CC#N. The van der Waals surface area contributed by atoms with E-state index in [0.717, 1.165) is 0 Å². The van der Waals surface area contributed by atoms with Crippen molar-refractivity contribution >= 4 is 0 Å². The quantitative estimate of drug-likeness (QED) is 0.794. The third-order valence-corrected chi connectivity index (χ3v) is 2.10. The van der Waals surface area contributed by atoms with Crippen LogP contribution in [0.5, 0.6) is 11.5 Å². The molecule has 1 aromatic rings. The van der Waals surface area contributed by atoms with Gasteiger partial charge < -0.3 is 14.6 Å². The first-order chi connectivity index (χ1) is 7.77. The van der Waals surface area contributed by atoms with Gasteiger partial charge >= 0.3 is 0 Å². The van der Waals surface area contributed by atoms with Crippen LogP contribution in [0.2, 0.25) is 0 Å². The highest BCUT2D eigenvalue weighted by molar-refractivity contribution is 5.39. The number of hydrogen-bond donors (Lipinski definition) is 1. The monoisotopic (exact) mass is 221 g/mol. The van der Waals surface area contributed by atoms with E-state index in [1.54, 1.807) is 19.2 Å². The number of aliphatic hydroxyl groups is 1. The van der Waals surface area contributed by atoms with Crippen molar-refractivity contribution in [3.8, 4) is 17.6 Å². The van der Waals surface area contributed by atoms with Crippen LogP contribution in [0, 0.1) is 11.3 Å². The van der Waals surface area contributed by atoms with Crippen molar-refractivity contribution in [3.05, 3.63) is 24.3 Å². The Balaban J connectivity index is 2.40. The predicted octanol–water partition coefficient (Wildman–Crippen LogP) is 1.74. The van der Waals surface area contributed by atoms with Gasteiger partial charge in [-0.3, -0.25) is 0 Å². The van der Waals surface area contributed by atoms with Crippen molar-refractivity contribution in [2.45, 2.75) is 18.9 Å². The smallest absolute Gasteiger partial charge is 0.161 e. The first kappa shape index (κ1) is 12.3. The van der Waals surface area contributed by atoms with Crippen molar-refractivity contribution in [1.29, 1.82) is 5.26 Å². The number of aliphatic hydroxyl groups excluding tert-OH is 1. The number of hydrogen-bond acceptors (Lipinski definition) is 4. The highest BCUT2D eigenvalue weighted by Gasteiger charge is 2.05. The van der Waals surface area contributed by atoms with Gasteiger partial charge in [-0.05, 0) is 12.1 Å². The predicted molar refractivity (Wildman–Crippen MR) is 59.3 cm³/mol. The molecule has 4 nitrogen and oxygen atoms in total. The van der Waals surface area contributed by atoms with Gasteiger partial charge in [0.15, 0.2) is 11.5 Å². The zero-order chi connectivity index (χ0) is 11.8. The van der Waals surface area contributed by atoms with Crippen LogP contribution < -0.4 is 9.47 Å². The summed E-state index contributed by atoms with van der Waals surface area (Å²) in [5, 5.41) is 17.7. The molecule has 16 heavy (non-hydrogen) atoms. The van der Waals surface area contributed by atoms with Crippen LogP contribution in [0.3, 0.4) is 0 Å². The lowest BCUT2D eigenvalue weighted by Crippen LogP contribution is -2.11. The van der Waals surface area contributed by atoms with Crippen LogP contribution >= 0.6 is 0 Å². The molecule has 1 atom stereocenters. The maximum absolute atomic E-state index is 9.32. The molecule has 0 fully saturated rings. The Morgan fingerprint density at radius 1 is 1.38 bits per heavy atom. The topological polar surface area (TPSA) is 62.5 Å². The molecule has 0 saturated carbocycles. The van der Waals surface area contributed by atoms with E-state index in [1.165, 1.54) is 0 Å². The minimum absolute atomic E-state index is 0.134. The van der Waals surface area contributed by atoms with E-state index in [0.29, 0.717) is 24.5 Å². The molecule has 0 aliphatic heterocycles. The largest absolute Gasteiger partial charge is 0.493 e. The second kappa shape index (κ2) is 6.70. The first-order valence-electron chi connectivity index (χ1n) is 5.08. The van der Waals surface area contributed by atoms with Crippen LogP contribution in [0.25, 0.3) is 0 Å². The lowest BCUT2D eigenvalue weighted by molar-refractivity contribution is 0.142. The fourth-order valence-electron chi connectivity index (χ4n) is 1.25. The van der Waals surface area contributed by atoms with Gasteiger partial charge in [0.25, 0.3) is 0 Å². The van der Waals surface area contributed by atoms with E-state index in [-0.39, 0.29) is 6.42 Å². The number of methoxy groups -OCH3 is 1. The number of ether oxygens (including phenoxy) is 2. The molecule has 1 unspecified atom stereocenters. The highest BCUT2D eigenvalue weighted by atomic mass is 16.5. The lowest BCUT2D eigenvalue weighted by Gasteiger charge is -2.11. The van der Waals surface area contributed by atoms with Crippen LogP contribution in [0.1, 0.15) is 12.8 Å². The summed E-state index contributed by atoms with van der Waals surface area (Å²) in [4.78, 5) is 0. The maximum atomic E-state index is 9.32. The zero-order valence-corrected chi connectivity index (χ0v) is 9.22. The maximum Gasteiger partial charge on any atom is 0.161 e. The third-order valence-electron chi connectivity index (χ3n) is 2.10. The van der Waals surface area contributed by atoms with Crippen LogP contribution in [-0.2, 0) is 0 Å². The molecule has 0 aromatic heterocycles. The van der Waals surface area contributed by atoms with E-state index >= 15 is 0 Å². The summed E-state index contributed by atoms with van der Waals surface area (Å²) in [5.41, 5.74) is 0. The summed E-state index contributed by atoms with van der Waals surface area (Å²) in [7, 11) is 1.58. The summed E-state index contributed by atoms with van der Waals surface area (Å²) < 4.78 is 10.6. The molecule has 0 saturated heterocycles. The Labute approximate surface area is 95.0 Å². The van der Waals surface area contributed by atoms with E-state index in [1.807, 2.05) is 18.2 Å². The van der Waals surface area contributed by atoms with E-state index < -0.39 is 6.10 Å². The molecule has 4 heteroatoms. The number of para-hydroxylation sites is 2. The molecule has 0 amide bonds. The molecule has 0 radical (unpaired) electrons. The van der Waals surface area contributed by atoms with Crippen molar-refractivity contribution < 1.29 is 14.6 Å². The fourth-order valence-corrected chi connectivity index (χ4v) is 1.25. The van der Waals surface area contributed by atoms with Crippen molar-refractivity contribution in [2.24, 2.45) is 0 Å². The normalized spacial score (nSPS) is 11.6. The lowest BCUT2D eigenvalue weighted by atomic mass is 10.2. The van der Waals surface area contributed by atoms with Crippen LogP contribution in [0.15, 0.2) is 24.3 Å². The second-order valence-corrected chi connectivity index (χ2v) is 3.30. The standard InChI is InChI=1S/C12H15NO3/c1-15-11-4-2-3-5-12(11)16-9-7-10(14)6-8-13/h2-5,10,14H,6-7,9H2,1H3. The Morgan fingerprint density at radius 3 is 2.69 bits per heavy atom. The van der Waals surface area contributed by atoms with Crippen molar-refractivity contribution in [2.75, 3.05) is 13.7 Å². The molecule has 0 aliphatic rings. The van der Waals surface area contributed by atoms with Gasteiger partial charge in [0, 0.05) is 6.42 Å². The summed E-state index contributed by atoms with van der Waals surface area (Å²) in [6.07, 6.45) is -0.0549. The van der Waals surface area contributed by atoms with E-state index in [2.05, 4.69) is 0 Å². The highest BCUT2D eigenvalue weighted by Crippen LogP contribution is 2.25. The summed E-state index contributed by atoms with van der Waals surface area (Å²) in [6.45, 7) is 0.364. The van der Waals surface area contributed by atoms with Crippen LogP contribution in [-0.4, -0.2) is 24.9 Å². The second-order valence-electron chi connectivity index (χ2n) is 3.30. The minimum atomic E-state index is -0.625. The average molecular weight is 221 g/mol. The number of nitriles is 1. The van der Waals surface area contributed by atoms with Crippen molar-refractivity contribution in [3.63, 3.8) is 0 Å². The molecule has 86 valence electrons. The average Bonchev–Trinajstić information content (AvgIpc) is 2.30. The molecular formula is C12H15NO3. The summed E-state index contributed by atoms with van der Waals surface area (Å²) in [6, 6.07) is 9.22. The molecule has 0 heterocycles. The minimum Gasteiger partial charge on any atom is -0.493 e. The molecule has 0 aliphatic carbocycles. The molecule has 0 bridgehead atoms. The van der Waals surface area contributed by atoms with Gasteiger partial charge in [0.1, 0.15) is 0 Å². The Hall–Kier alpha value is -1.73. The molecule has 0 spiro atoms. The third kappa shape index (κ3) is 3.79.